The molecule has 1 aromatic heterocycles. The van der Waals surface area contributed by atoms with Crippen LogP contribution in [0.25, 0.3) is 0 Å². The SMILES string of the molecule is Cc1nncn1CCNC(=O)C1(N)CCCCC1. The predicted octanol–water partition coefficient (Wildman–Crippen LogP) is 0.364. The first-order valence-corrected chi connectivity index (χ1v) is 6.53. The van der Waals surface area contributed by atoms with Crippen LogP contribution in [0.4, 0.5) is 0 Å². The molecule has 100 valence electrons. The lowest BCUT2D eigenvalue weighted by atomic mass is 9.82. The third kappa shape index (κ3) is 2.87. The summed E-state index contributed by atoms with van der Waals surface area (Å²) in [5.41, 5.74) is 5.50. The van der Waals surface area contributed by atoms with E-state index in [9.17, 15) is 4.79 Å². The van der Waals surface area contributed by atoms with Crippen LogP contribution in [0.3, 0.4) is 0 Å². The van der Waals surface area contributed by atoms with Crippen LogP contribution in [0.15, 0.2) is 6.33 Å². The maximum atomic E-state index is 12.1. The van der Waals surface area contributed by atoms with Crippen molar-refractivity contribution in [1.82, 2.24) is 20.1 Å². The average Bonchev–Trinajstić information content (AvgIpc) is 2.76. The van der Waals surface area contributed by atoms with Crippen LogP contribution in [-0.2, 0) is 11.3 Å². The highest BCUT2D eigenvalue weighted by molar-refractivity contribution is 5.86. The lowest BCUT2D eigenvalue weighted by Gasteiger charge is -2.31. The Morgan fingerprint density at radius 2 is 2.22 bits per heavy atom. The van der Waals surface area contributed by atoms with Gasteiger partial charge in [-0.25, -0.2) is 0 Å². The Labute approximate surface area is 107 Å². The van der Waals surface area contributed by atoms with Crippen LogP contribution in [0.2, 0.25) is 0 Å². The van der Waals surface area contributed by atoms with Gasteiger partial charge in [0.15, 0.2) is 0 Å². The van der Waals surface area contributed by atoms with Gasteiger partial charge in [0.25, 0.3) is 0 Å². The molecule has 1 aromatic rings. The molecule has 0 spiro atoms. The molecule has 3 N–H and O–H groups in total. The van der Waals surface area contributed by atoms with Crippen LogP contribution < -0.4 is 11.1 Å². The number of nitrogens with zero attached hydrogens (tertiary/aromatic N) is 3. The fourth-order valence-corrected chi connectivity index (χ4v) is 2.41. The van der Waals surface area contributed by atoms with Gasteiger partial charge in [-0.2, -0.15) is 0 Å². The normalized spacial score (nSPS) is 18.6. The van der Waals surface area contributed by atoms with E-state index in [4.69, 9.17) is 5.73 Å². The van der Waals surface area contributed by atoms with Crippen LogP contribution in [0.1, 0.15) is 37.9 Å². The van der Waals surface area contributed by atoms with Gasteiger partial charge in [-0.1, -0.05) is 19.3 Å². The largest absolute Gasteiger partial charge is 0.353 e. The smallest absolute Gasteiger partial charge is 0.240 e. The topological polar surface area (TPSA) is 85.8 Å². The minimum atomic E-state index is -0.652. The second-order valence-electron chi connectivity index (χ2n) is 5.04. The van der Waals surface area contributed by atoms with Gasteiger partial charge in [-0.3, -0.25) is 4.79 Å². The number of carbonyl (C=O) groups excluding carboxylic acids is 1. The van der Waals surface area contributed by atoms with Gasteiger partial charge in [-0.15, -0.1) is 10.2 Å². The molecule has 0 aromatic carbocycles. The molecule has 1 fully saturated rings. The summed E-state index contributed by atoms with van der Waals surface area (Å²) in [5.74, 6) is 0.831. The molecule has 1 amide bonds. The lowest BCUT2D eigenvalue weighted by molar-refractivity contribution is -0.127. The maximum absolute atomic E-state index is 12.1. The first-order chi connectivity index (χ1) is 8.62. The summed E-state index contributed by atoms with van der Waals surface area (Å²) in [4.78, 5) is 12.1. The molecule has 18 heavy (non-hydrogen) atoms. The molecule has 6 nitrogen and oxygen atoms in total. The van der Waals surface area contributed by atoms with E-state index in [0.717, 1.165) is 31.5 Å². The second kappa shape index (κ2) is 5.48. The van der Waals surface area contributed by atoms with Crippen molar-refractivity contribution in [3.05, 3.63) is 12.2 Å². The van der Waals surface area contributed by atoms with E-state index in [1.807, 2.05) is 11.5 Å². The van der Waals surface area contributed by atoms with Crippen LogP contribution in [0.5, 0.6) is 0 Å². The zero-order chi connectivity index (χ0) is 13.0. The highest BCUT2D eigenvalue weighted by Gasteiger charge is 2.34. The van der Waals surface area contributed by atoms with Gasteiger partial charge in [0, 0.05) is 13.1 Å². The Bertz CT molecular complexity index is 408. The maximum Gasteiger partial charge on any atom is 0.240 e. The molecule has 1 aliphatic rings. The van der Waals surface area contributed by atoms with E-state index in [1.165, 1.54) is 6.42 Å². The van der Waals surface area contributed by atoms with Crippen molar-refractivity contribution in [1.29, 1.82) is 0 Å². The van der Waals surface area contributed by atoms with Gasteiger partial charge in [0.1, 0.15) is 12.2 Å². The van der Waals surface area contributed by atoms with Crippen molar-refractivity contribution in [2.75, 3.05) is 6.54 Å². The molecule has 0 unspecified atom stereocenters. The van der Waals surface area contributed by atoms with Gasteiger partial charge in [-0.05, 0) is 19.8 Å². The zero-order valence-electron chi connectivity index (χ0n) is 10.9. The van der Waals surface area contributed by atoms with E-state index in [-0.39, 0.29) is 5.91 Å². The van der Waals surface area contributed by atoms with Crippen molar-refractivity contribution in [2.24, 2.45) is 5.73 Å². The predicted molar refractivity (Wildman–Crippen MR) is 67.8 cm³/mol. The molecular weight excluding hydrogens is 230 g/mol. The summed E-state index contributed by atoms with van der Waals surface area (Å²) in [6, 6.07) is 0. The fraction of sp³-hybridized carbons (Fsp3) is 0.750. The lowest BCUT2D eigenvalue weighted by Crippen LogP contribution is -2.55. The molecule has 2 rings (SSSR count). The second-order valence-corrected chi connectivity index (χ2v) is 5.04. The van der Waals surface area contributed by atoms with E-state index in [0.29, 0.717) is 13.1 Å². The Kier molecular flexibility index (Phi) is 3.96. The van der Waals surface area contributed by atoms with Gasteiger partial charge in [0.05, 0.1) is 5.54 Å². The van der Waals surface area contributed by atoms with E-state index in [2.05, 4.69) is 15.5 Å². The van der Waals surface area contributed by atoms with Crippen molar-refractivity contribution in [2.45, 2.75) is 51.1 Å². The third-order valence-electron chi connectivity index (χ3n) is 3.65. The Hall–Kier alpha value is -1.43. The fourth-order valence-electron chi connectivity index (χ4n) is 2.41. The molecule has 6 heteroatoms. The summed E-state index contributed by atoms with van der Waals surface area (Å²) in [6.07, 6.45) is 6.55. The molecule has 0 saturated heterocycles. The minimum absolute atomic E-state index is 0.0204. The van der Waals surface area contributed by atoms with E-state index >= 15 is 0 Å². The summed E-state index contributed by atoms with van der Waals surface area (Å²) < 4.78 is 1.91. The van der Waals surface area contributed by atoms with E-state index in [1.54, 1.807) is 6.33 Å². The zero-order valence-corrected chi connectivity index (χ0v) is 10.9. The van der Waals surface area contributed by atoms with Crippen molar-refractivity contribution in [3.63, 3.8) is 0 Å². The number of aryl methyl sites for hydroxylation is 1. The van der Waals surface area contributed by atoms with Gasteiger partial charge in [0.2, 0.25) is 5.91 Å². The number of rotatable bonds is 4. The molecule has 1 saturated carbocycles. The quantitative estimate of drug-likeness (QED) is 0.809. The summed E-state index contributed by atoms with van der Waals surface area (Å²) in [5, 5.41) is 10.6. The van der Waals surface area contributed by atoms with Crippen LogP contribution in [-0.4, -0.2) is 32.8 Å². The first-order valence-electron chi connectivity index (χ1n) is 6.53. The molecular formula is C12H21N5O. The number of nitrogens with one attached hydrogen (secondary N) is 1. The average molecular weight is 251 g/mol. The van der Waals surface area contributed by atoms with E-state index < -0.39 is 5.54 Å². The molecule has 0 atom stereocenters. The van der Waals surface area contributed by atoms with Gasteiger partial charge >= 0.3 is 0 Å². The summed E-state index contributed by atoms with van der Waals surface area (Å²) >= 11 is 0. The molecule has 0 bridgehead atoms. The molecule has 1 aliphatic carbocycles. The molecule has 0 radical (unpaired) electrons. The number of amides is 1. The van der Waals surface area contributed by atoms with Crippen molar-refractivity contribution >= 4 is 5.91 Å². The van der Waals surface area contributed by atoms with Crippen molar-refractivity contribution < 1.29 is 4.79 Å². The number of carbonyl (C=O) groups is 1. The third-order valence-corrected chi connectivity index (χ3v) is 3.65. The highest BCUT2D eigenvalue weighted by atomic mass is 16.2. The Morgan fingerprint density at radius 1 is 1.50 bits per heavy atom. The van der Waals surface area contributed by atoms with Crippen LogP contribution in [0, 0.1) is 6.92 Å². The van der Waals surface area contributed by atoms with Crippen LogP contribution >= 0.6 is 0 Å². The number of hydrogen-bond donors (Lipinski definition) is 2. The standard InChI is InChI=1S/C12H21N5O/c1-10-16-15-9-17(10)8-7-14-11(18)12(13)5-3-2-4-6-12/h9H,2-8,13H2,1H3,(H,14,18). The number of hydrogen-bond acceptors (Lipinski definition) is 4. The molecule has 1 heterocycles. The summed E-state index contributed by atoms with van der Waals surface area (Å²) in [6.45, 7) is 3.14. The first kappa shape index (κ1) is 13.0. The summed E-state index contributed by atoms with van der Waals surface area (Å²) in [7, 11) is 0. The number of nitrogens with two attached hydrogens (primary N) is 1. The van der Waals surface area contributed by atoms with Crippen molar-refractivity contribution in [3.8, 4) is 0 Å². The van der Waals surface area contributed by atoms with Gasteiger partial charge < -0.3 is 15.6 Å². The minimum Gasteiger partial charge on any atom is -0.353 e. The Balaban J connectivity index is 1.79. The highest BCUT2D eigenvalue weighted by Crippen LogP contribution is 2.25. The Morgan fingerprint density at radius 3 is 2.83 bits per heavy atom. The molecule has 0 aliphatic heterocycles. The monoisotopic (exact) mass is 251 g/mol. The number of aromatic nitrogens is 3.